The van der Waals surface area contributed by atoms with Crippen molar-refractivity contribution in [3.8, 4) is 5.75 Å². The summed E-state index contributed by atoms with van der Waals surface area (Å²) < 4.78 is 9.49. The van der Waals surface area contributed by atoms with Crippen LogP contribution in [0.1, 0.15) is 10.4 Å². The Morgan fingerprint density at radius 1 is 1.41 bits per heavy atom. The fraction of sp³-hybridized carbons (Fsp3) is 0.300. The molecular weight excluding hydrogens is 228 g/mol. The smallest absolute Gasteiger partial charge is 0.338 e. The Morgan fingerprint density at radius 2 is 2.06 bits per heavy atom. The Morgan fingerprint density at radius 3 is 2.47 bits per heavy atom. The molecule has 0 heterocycles. The van der Waals surface area contributed by atoms with Crippen LogP contribution in [0.2, 0.25) is 0 Å². The van der Waals surface area contributed by atoms with Gasteiger partial charge < -0.3 is 14.8 Å². The minimum atomic E-state index is -0.658. The van der Waals surface area contributed by atoms with Crippen molar-refractivity contribution >= 4 is 17.3 Å². The highest BCUT2D eigenvalue weighted by atomic mass is 16.6. The molecule has 0 radical (unpaired) electrons. The Hall–Kier alpha value is -2.31. The molecule has 0 unspecified atom stereocenters. The van der Waals surface area contributed by atoms with E-state index in [4.69, 9.17) is 4.74 Å². The van der Waals surface area contributed by atoms with Crippen LogP contribution < -0.4 is 10.1 Å². The molecule has 1 rings (SSSR count). The van der Waals surface area contributed by atoms with E-state index in [0.717, 1.165) is 6.07 Å². The quantitative estimate of drug-likeness (QED) is 0.486. The van der Waals surface area contributed by atoms with Crippen LogP contribution in [0.4, 0.5) is 11.4 Å². The van der Waals surface area contributed by atoms with E-state index in [0.29, 0.717) is 0 Å². The summed E-state index contributed by atoms with van der Waals surface area (Å²) in [6, 6.07) is 2.52. The maximum Gasteiger partial charge on any atom is 0.338 e. The molecule has 0 saturated carbocycles. The second-order valence-corrected chi connectivity index (χ2v) is 3.07. The number of nitro groups is 1. The van der Waals surface area contributed by atoms with Gasteiger partial charge in [0, 0.05) is 13.1 Å². The lowest BCUT2D eigenvalue weighted by atomic mass is 10.1. The number of hydrogen-bond acceptors (Lipinski definition) is 6. The van der Waals surface area contributed by atoms with Gasteiger partial charge in [-0.15, -0.1) is 0 Å². The fourth-order valence-corrected chi connectivity index (χ4v) is 1.39. The first-order valence-electron chi connectivity index (χ1n) is 4.67. The summed E-state index contributed by atoms with van der Waals surface area (Å²) in [6.07, 6.45) is 0. The predicted octanol–water partition coefficient (Wildman–Crippen LogP) is 1.43. The van der Waals surface area contributed by atoms with Gasteiger partial charge in [0.15, 0.2) is 5.69 Å². The zero-order chi connectivity index (χ0) is 13.0. The molecule has 17 heavy (non-hydrogen) atoms. The van der Waals surface area contributed by atoms with Crippen molar-refractivity contribution in [2.75, 3.05) is 26.6 Å². The van der Waals surface area contributed by atoms with Crippen molar-refractivity contribution in [1.29, 1.82) is 0 Å². The molecule has 1 aromatic carbocycles. The molecule has 7 nitrogen and oxygen atoms in total. The van der Waals surface area contributed by atoms with E-state index in [1.54, 1.807) is 0 Å². The molecule has 0 saturated heterocycles. The lowest BCUT2D eigenvalue weighted by molar-refractivity contribution is -0.384. The summed E-state index contributed by atoms with van der Waals surface area (Å²) in [7, 11) is 4.09. The largest absolute Gasteiger partial charge is 0.494 e. The molecular formula is C10H12N2O5. The zero-order valence-corrected chi connectivity index (χ0v) is 9.64. The van der Waals surface area contributed by atoms with Gasteiger partial charge >= 0.3 is 5.97 Å². The van der Waals surface area contributed by atoms with Gasteiger partial charge in [-0.25, -0.2) is 4.79 Å². The third kappa shape index (κ3) is 2.44. The highest BCUT2D eigenvalue weighted by Gasteiger charge is 2.22. The maximum absolute atomic E-state index is 11.3. The number of methoxy groups -OCH3 is 2. The molecule has 0 aliphatic rings. The van der Waals surface area contributed by atoms with Crippen molar-refractivity contribution in [2.45, 2.75) is 0 Å². The normalized spacial score (nSPS) is 9.59. The Kier molecular flexibility index (Phi) is 3.86. The van der Waals surface area contributed by atoms with Crippen molar-refractivity contribution in [3.05, 3.63) is 27.8 Å². The number of nitrogens with one attached hydrogen (secondary N) is 1. The number of esters is 1. The summed E-state index contributed by atoms with van der Waals surface area (Å²) in [6.45, 7) is 0. The van der Waals surface area contributed by atoms with Crippen LogP contribution in [0.15, 0.2) is 12.1 Å². The van der Waals surface area contributed by atoms with Gasteiger partial charge in [0.1, 0.15) is 5.75 Å². The first-order chi connectivity index (χ1) is 8.04. The number of anilines is 1. The second-order valence-electron chi connectivity index (χ2n) is 3.07. The standard InChI is InChI=1S/C10H12N2O5/c1-11-9-7(12(14)15)4-6(10(13)17-3)5-8(9)16-2/h4-5,11H,1-3H3. The minimum Gasteiger partial charge on any atom is -0.494 e. The van der Waals surface area contributed by atoms with E-state index in [1.165, 1.54) is 27.3 Å². The predicted molar refractivity (Wildman–Crippen MR) is 60.5 cm³/mol. The zero-order valence-electron chi connectivity index (χ0n) is 9.64. The Balaban J connectivity index is 3.45. The summed E-state index contributed by atoms with van der Waals surface area (Å²) in [5, 5.41) is 13.5. The maximum atomic E-state index is 11.3. The van der Waals surface area contributed by atoms with E-state index < -0.39 is 10.9 Å². The number of hydrogen-bond donors (Lipinski definition) is 1. The van der Waals surface area contributed by atoms with Gasteiger partial charge in [-0.3, -0.25) is 10.1 Å². The van der Waals surface area contributed by atoms with Crippen molar-refractivity contribution in [1.82, 2.24) is 0 Å². The van der Waals surface area contributed by atoms with Gasteiger partial charge in [-0.1, -0.05) is 0 Å². The number of benzene rings is 1. The van der Waals surface area contributed by atoms with E-state index in [-0.39, 0.29) is 22.7 Å². The van der Waals surface area contributed by atoms with Crippen LogP contribution in [0, 0.1) is 10.1 Å². The SMILES string of the molecule is CNc1c(OC)cc(C(=O)OC)cc1[N+](=O)[O-]. The van der Waals surface area contributed by atoms with Gasteiger partial charge in [0.25, 0.3) is 5.69 Å². The summed E-state index contributed by atoms with van der Waals surface area (Å²) in [5.41, 5.74) is 0.0347. The van der Waals surface area contributed by atoms with Crippen molar-refractivity contribution in [2.24, 2.45) is 0 Å². The molecule has 0 aromatic heterocycles. The highest BCUT2D eigenvalue weighted by molar-refractivity contribution is 5.92. The number of nitrogens with zero attached hydrogens (tertiary/aromatic N) is 1. The second kappa shape index (κ2) is 5.15. The molecule has 0 atom stereocenters. The molecule has 92 valence electrons. The van der Waals surface area contributed by atoms with Crippen LogP contribution in [0.5, 0.6) is 5.75 Å². The fourth-order valence-electron chi connectivity index (χ4n) is 1.39. The van der Waals surface area contributed by atoms with Gasteiger partial charge in [-0.2, -0.15) is 0 Å². The summed E-state index contributed by atoms with van der Waals surface area (Å²) in [4.78, 5) is 21.6. The van der Waals surface area contributed by atoms with Gasteiger partial charge in [-0.05, 0) is 6.07 Å². The number of nitro benzene ring substituents is 1. The average Bonchev–Trinajstić information content (AvgIpc) is 2.35. The summed E-state index contributed by atoms with van der Waals surface area (Å²) in [5.74, 6) is -0.448. The lowest BCUT2D eigenvalue weighted by Crippen LogP contribution is -2.06. The van der Waals surface area contributed by atoms with Crippen LogP contribution in [0.3, 0.4) is 0 Å². The molecule has 0 spiro atoms. The van der Waals surface area contributed by atoms with Crippen molar-refractivity contribution in [3.63, 3.8) is 0 Å². The first kappa shape index (κ1) is 12.8. The minimum absolute atomic E-state index is 0.0649. The molecule has 0 amide bonds. The molecule has 1 aromatic rings. The Labute approximate surface area is 97.5 Å². The van der Waals surface area contributed by atoms with Crippen LogP contribution in [-0.4, -0.2) is 32.2 Å². The lowest BCUT2D eigenvalue weighted by Gasteiger charge is -2.10. The topological polar surface area (TPSA) is 90.7 Å². The third-order valence-electron chi connectivity index (χ3n) is 2.17. The molecule has 7 heteroatoms. The van der Waals surface area contributed by atoms with E-state index in [9.17, 15) is 14.9 Å². The first-order valence-corrected chi connectivity index (χ1v) is 4.67. The van der Waals surface area contributed by atoms with Crippen molar-refractivity contribution < 1.29 is 19.2 Å². The molecule has 0 aliphatic carbocycles. The number of rotatable bonds is 4. The Bertz CT molecular complexity index is 458. The highest BCUT2D eigenvalue weighted by Crippen LogP contribution is 2.35. The average molecular weight is 240 g/mol. The number of carbonyl (C=O) groups is 1. The third-order valence-corrected chi connectivity index (χ3v) is 2.17. The van der Waals surface area contributed by atoms with E-state index in [2.05, 4.69) is 10.1 Å². The van der Waals surface area contributed by atoms with Crippen LogP contribution in [-0.2, 0) is 4.74 Å². The van der Waals surface area contributed by atoms with E-state index in [1.807, 2.05) is 0 Å². The molecule has 0 bridgehead atoms. The van der Waals surface area contributed by atoms with Gasteiger partial charge in [0.05, 0.1) is 24.7 Å². The van der Waals surface area contributed by atoms with Crippen LogP contribution >= 0.6 is 0 Å². The summed E-state index contributed by atoms with van der Waals surface area (Å²) >= 11 is 0. The molecule has 0 fully saturated rings. The van der Waals surface area contributed by atoms with E-state index >= 15 is 0 Å². The monoisotopic (exact) mass is 240 g/mol. The van der Waals surface area contributed by atoms with Gasteiger partial charge in [0.2, 0.25) is 0 Å². The molecule has 1 N–H and O–H groups in total. The van der Waals surface area contributed by atoms with Crippen LogP contribution in [0.25, 0.3) is 0 Å². The number of carbonyl (C=O) groups excluding carboxylic acids is 1. The number of ether oxygens (including phenoxy) is 2. The molecule has 0 aliphatic heterocycles.